The van der Waals surface area contributed by atoms with Gasteiger partial charge in [-0.05, 0) is 18.4 Å². The third-order valence-electron chi connectivity index (χ3n) is 2.64. The molecule has 0 unspecified atom stereocenters. The highest BCUT2D eigenvalue weighted by Crippen LogP contribution is 1.99. The molecular formula is C14H22N2O4. The summed E-state index contributed by atoms with van der Waals surface area (Å²) in [6.07, 6.45) is 2.40. The van der Waals surface area contributed by atoms with E-state index >= 15 is 0 Å². The van der Waals surface area contributed by atoms with Crippen molar-refractivity contribution in [2.24, 2.45) is 5.92 Å². The summed E-state index contributed by atoms with van der Waals surface area (Å²) in [5, 5.41) is 0. The summed E-state index contributed by atoms with van der Waals surface area (Å²) in [5.74, 6) is 0.109. The maximum Gasteiger partial charge on any atom is 0.326 e. The van der Waals surface area contributed by atoms with Crippen molar-refractivity contribution in [1.82, 2.24) is 4.57 Å². The van der Waals surface area contributed by atoms with E-state index < -0.39 is 5.97 Å². The first-order valence-electron chi connectivity index (χ1n) is 6.68. The monoisotopic (exact) mass is 282 g/mol. The molecule has 6 nitrogen and oxygen atoms in total. The van der Waals surface area contributed by atoms with Crippen molar-refractivity contribution in [3.05, 3.63) is 28.7 Å². The van der Waals surface area contributed by atoms with Crippen molar-refractivity contribution in [1.29, 1.82) is 0 Å². The Bertz CT molecular complexity index is 482. The highest BCUT2D eigenvalue weighted by Gasteiger charge is 2.06. The van der Waals surface area contributed by atoms with Crippen LogP contribution in [0, 0.1) is 5.92 Å². The van der Waals surface area contributed by atoms with Crippen molar-refractivity contribution >= 4 is 11.7 Å². The Balaban J connectivity index is 2.23. The van der Waals surface area contributed by atoms with Gasteiger partial charge in [0.25, 0.3) is 5.56 Å². The smallest absolute Gasteiger partial charge is 0.326 e. The average Bonchev–Trinajstić information content (AvgIpc) is 2.37. The molecule has 0 aliphatic rings. The topological polar surface area (TPSA) is 83.6 Å². The van der Waals surface area contributed by atoms with Crippen molar-refractivity contribution in [3.8, 4) is 0 Å². The van der Waals surface area contributed by atoms with Gasteiger partial charge in [0, 0.05) is 24.6 Å². The summed E-state index contributed by atoms with van der Waals surface area (Å²) in [7, 11) is 0. The van der Waals surface area contributed by atoms with Crippen molar-refractivity contribution in [2.45, 2.75) is 26.8 Å². The molecule has 0 fully saturated rings. The number of esters is 1. The average molecular weight is 282 g/mol. The fraction of sp³-hybridized carbons (Fsp3) is 0.571. The quantitative estimate of drug-likeness (QED) is 0.569. The number of aromatic nitrogens is 1. The summed E-state index contributed by atoms with van der Waals surface area (Å²) in [6, 6.07) is 2.81. The fourth-order valence-corrected chi connectivity index (χ4v) is 1.49. The zero-order chi connectivity index (χ0) is 15.0. The minimum absolute atomic E-state index is 0.143. The zero-order valence-electron chi connectivity index (χ0n) is 12.0. The standard InChI is InChI=1S/C14H22N2O4/c1-11(2)5-6-19-7-8-20-14(18)10-16-9-12(15)3-4-13(16)17/h3-4,9,11H,5-8,10,15H2,1-2H3. The molecule has 0 spiro atoms. The van der Waals surface area contributed by atoms with Gasteiger partial charge in [0.05, 0.1) is 6.61 Å². The highest BCUT2D eigenvalue weighted by molar-refractivity contribution is 5.69. The molecule has 0 saturated heterocycles. The van der Waals surface area contributed by atoms with Crippen LogP contribution < -0.4 is 11.3 Å². The summed E-state index contributed by atoms with van der Waals surface area (Å²) >= 11 is 0. The van der Waals surface area contributed by atoms with Crippen LogP contribution in [0.4, 0.5) is 5.69 Å². The first-order valence-corrected chi connectivity index (χ1v) is 6.68. The molecule has 0 saturated carbocycles. The molecule has 0 aliphatic heterocycles. The number of carbonyl (C=O) groups is 1. The van der Waals surface area contributed by atoms with Gasteiger partial charge < -0.3 is 19.8 Å². The largest absolute Gasteiger partial charge is 0.462 e. The van der Waals surface area contributed by atoms with Gasteiger partial charge >= 0.3 is 5.97 Å². The van der Waals surface area contributed by atoms with Crippen LogP contribution in [0.1, 0.15) is 20.3 Å². The van der Waals surface area contributed by atoms with E-state index in [2.05, 4.69) is 13.8 Å². The molecule has 20 heavy (non-hydrogen) atoms. The van der Waals surface area contributed by atoms with Gasteiger partial charge in [0.15, 0.2) is 0 Å². The molecule has 6 heteroatoms. The van der Waals surface area contributed by atoms with Crippen molar-refractivity contribution in [3.63, 3.8) is 0 Å². The molecule has 1 aromatic rings. The number of nitrogens with zero attached hydrogens (tertiary/aromatic N) is 1. The third-order valence-corrected chi connectivity index (χ3v) is 2.64. The molecule has 112 valence electrons. The molecule has 0 aliphatic carbocycles. The maximum atomic E-state index is 11.5. The van der Waals surface area contributed by atoms with Crippen LogP contribution in [0.25, 0.3) is 0 Å². The van der Waals surface area contributed by atoms with E-state index in [4.69, 9.17) is 15.2 Å². The van der Waals surface area contributed by atoms with E-state index in [9.17, 15) is 9.59 Å². The second-order valence-electron chi connectivity index (χ2n) is 4.94. The first-order chi connectivity index (χ1) is 9.49. The van der Waals surface area contributed by atoms with Gasteiger partial charge in [0.2, 0.25) is 0 Å². The molecule has 1 rings (SSSR count). The summed E-state index contributed by atoms with van der Waals surface area (Å²) in [6.45, 7) is 5.30. The van der Waals surface area contributed by atoms with Crippen LogP contribution in [0.2, 0.25) is 0 Å². The lowest BCUT2D eigenvalue weighted by atomic mass is 10.1. The summed E-state index contributed by atoms with van der Waals surface area (Å²) < 4.78 is 11.5. The number of rotatable bonds is 8. The van der Waals surface area contributed by atoms with Gasteiger partial charge in [-0.15, -0.1) is 0 Å². The normalized spacial score (nSPS) is 10.8. The lowest BCUT2D eigenvalue weighted by molar-refractivity contribution is -0.146. The van der Waals surface area contributed by atoms with E-state index in [-0.39, 0.29) is 18.7 Å². The molecule has 1 heterocycles. The summed E-state index contributed by atoms with van der Waals surface area (Å²) in [4.78, 5) is 23.0. The van der Waals surface area contributed by atoms with Crippen LogP contribution in [0.3, 0.4) is 0 Å². The van der Waals surface area contributed by atoms with E-state index in [1.165, 1.54) is 22.9 Å². The molecular weight excluding hydrogens is 260 g/mol. The molecule has 0 amide bonds. The predicted octanol–water partition coefficient (Wildman–Crippen LogP) is 1.04. The molecule has 2 N–H and O–H groups in total. The SMILES string of the molecule is CC(C)CCOCCOC(=O)Cn1cc(N)ccc1=O. The first kappa shape index (κ1) is 16.2. The minimum Gasteiger partial charge on any atom is -0.462 e. The maximum absolute atomic E-state index is 11.5. The van der Waals surface area contributed by atoms with E-state index in [0.717, 1.165) is 6.42 Å². The van der Waals surface area contributed by atoms with E-state index in [1.54, 1.807) is 0 Å². The van der Waals surface area contributed by atoms with Crippen molar-refractivity contribution < 1.29 is 14.3 Å². The number of hydrogen-bond donors (Lipinski definition) is 1. The molecule has 0 radical (unpaired) electrons. The number of ether oxygens (including phenoxy) is 2. The Morgan fingerprint density at radius 2 is 2.05 bits per heavy atom. The Morgan fingerprint density at radius 3 is 2.75 bits per heavy atom. The molecule has 0 aromatic carbocycles. The third kappa shape index (κ3) is 6.38. The summed E-state index contributed by atoms with van der Waals surface area (Å²) in [5.41, 5.74) is 5.69. The van der Waals surface area contributed by atoms with Gasteiger partial charge in [-0.3, -0.25) is 9.59 Å². The Kier molecular flexibility index (Phi) is 6.79. The van der Waals surface area contributed by atoms with Crippen LogP contribution >= 0.6 is 0 Å². The van der Waals surface area contributed by atoms with Gasteiger partial charge in [-0.25, -0.2) is 0 Å². The van der Waals surface area contributed by atoms with Crippen LogP contribution in [0.15, 0.2) is 23.1 Å². The van der Waals surface area contributed by atoms with Gasteiger partial charge in [-0.1, -0.05) is 13.8 Å². The minimum atomic E-state index is -0.481. The highest BCUT2D eigenvalue weighted by atomic mass is 16.6. The number of pyridine rings is 1. The van der Waals surface area contributed by atoms with E-state index in [1.807, 2.05) is 0 Å². The van der Waals surface area contributed by atoms with Crippen LogP contribution in [-0.4, -0.2) is 30.4 Å². The van der Waals surface area contributed by atoms with Crippen molar-refractivity contribution in [2.75, 3.05) is 25.6 Å². The number of carbonyl (C=O) groups excluding carboxylic acids is 1. The van der Waals surface area contributed by atoms with Gasteiger partial charge in [0.1, 0.15) is 13.2 Å². The lowest BCUT2D eigenvalue weighted by Gasteiger charge is -2.08. The van der Waals surface area contributed by atoms with Crippen LogP contribution in [-0.2, 0) is 20.8 Å². The second kappa shape index (κ2) is 8.37. The number of anilines is 1. The molecule has 0 bridgehead atoms. The van der Waals surface area contributed by atoms with Gasteiger partial charge in [-0.2, -0.15) is 0 Å². The fourth-order valence-electron chi connectivity index (χ4n) is 1.49. The number of hydrogen-bond acceptors (Lipinski definition) is 5. The predicted molar refractivity (Wildman–Crippen MR) is 76.3 cm³/mol. The second-order valence-corrected chi connectivity index (χ2v) is 4.94. The Labute approximate surface area is 118 Å². The Hall–Kier alpha value is -1.82. The molecule has 0 atom stereocenters. The zero-order valence-corrected chi connectivity index (χ0v) is 12.0. The van der Waals surface area contributed by atoms with Crippen LogP contribution in [0.5, 0.6) is 0 Å². The number of nitrogens with two attached hydrogens (primary N) is 1. The lowest BCUT2D eigenvalue weighted by Crippen LogP contribution is -2.25. The Morgan fingerprint density at radius 1 is 1.30 bits per heavy atom. The van der Waals surface area contributed by atoms with E-state index in [0.29, 0.717) is 24.8 Å². The molecule has 1 aromatic heterocycles. The number of nitrogen functional groups attached to an aromatic ring is 1.